The summed E-state index contributed by atoms with van der Waals surface area (Å²) in [5.41, 5.74) is 5.62. The predicted molar refractivity (Wildman–Crippen MR) is 89.7 cm³/mol. The number of carbonyl (C=O) groups is 2. The smallest absolute Gasteiger partial charge is 0.303 e. The van der Waals surface area contributed by atoms with Crippen molar-refractivity contribution in [3.8, 4) is 0 Å². The molecular formula is C17H34N2O3. The quantitative estimate of drug-likeness (QED) is 0.405. The third kappa shape index (κ3) is 13.9. The second kappa shape index (κ2) is 14.8. The number of carbonyl (C=O) groups excluding carboxylic acids is 1. The second-order valence-corrected chi connectivity index (χ2v) is 6.01. The molecule has 0 spiro atoms. The van der Waals surface area contributed by atoms with Crippen LogP contribution in [-0.2, 0) is 9.59 Å². The maximum Gasteiger partial charge on any atom is 0.303 e. The lowest BCUT2D eigenvalue weighted by Crippen LogP contribution is -2.41. The van der Waals surface area contributed by atoms with Crippen LogP contribution in [0.2, 0.25) is 0 Å². The molecule has 5 nitrogen and oxygen atoms in total. The Morgan fingerprint density at radius 1 is 0.955 bits per heavy atom. The number of nitrogens with two attached hydrogens (primary N) is 1. The first-order chi connectivity index (χ1) is 10.6. The molecule has 0 heterocycles. The summed E-state index contributed by atoms with van der Waals surface area (Å²) in [6, 6.07) is -0.709. The Labute approximate surface area is 135 Å². The molecule has 0 saturated heterocycles. The Kier molecular flexibility index (Phi) is 14.1. The first kappa shape index (κ1) is 20.9. The summed E-state index contributed by atoms with van der Waals surface area (Å²) in [6.07, 6.45) is 12.7. The van der Waals surface area contributed by atoms with Crippen molar-refractivity contribution >= 4 is 11.9 Å². The fraction of sp³-hybridized carbons (Fsp3) is 0.882. The predicted octanol–water partition coefficient (Wildman–Crippen LogP) is 3.22. The summed E-state index contributed by atoms with van der Waals surface area (Å²) in [7, 11) is 0. The van der Waals surface area contributed by atoms with Gasteiger partial charge in [-0.1, -0.05) is 64.7 Å². The first-order valence-corrected chi connectivity index (χ1v) is 8.83. The van der Waals surface area contributed by atoms with Gasteiger partial charge in [0, 0.05) is 13.0 Å². The SMILES string of the molecule is CCCCCCCCCCCCNC(=O)[C@H](N)CCC(=O)O. The summed E-state index contributed by atoms with van der Waals surface area (Å²) in [5, 5.41) is 11.3. The number of hydrogen-bond acceptors (Lipinski definition) is 3. The molecular weight excluding hydrogens is 280 g/mol. The number of carboxylic acids is 1. The van der Waals surface area contributed by atoms with Gasteiger partial charge in [-0.2, -0.15) is 0 Å². The molecule has 0 aliphatic carbocycles. The van der Waals surface area contributed by atoms with Crippen molar-refractivity contribution in [2.45, 2.75) is 90.0 Å². The number of unbranched alkanes of at least 4 members (excludes halogenated alkanes) is 9. The average molecular weight is 314 g/mol. The highest BCUT2D eigenvalue weighted by molar-refractivity contribution is 5.82. The van der Waals surface area contributed by atoms with Crippen LogP contribution >= 0.6 is 0 Å². The largest absolute Gasteiger partial charge is 0.481 e. The minimum absolute atomic E-state index is 0.0627. The van der Waals surface area contributed by atoms with E-state index in [1.165, 1.54) is 51.4 Å². The number of nitrogens with one attached hydrogen (secondary N) is 1. The van der Waals surface area contributed by atoms with Crippen LogP contribution in [-0.4, -0.2) is 29.6 Å². The van der Waals surface area contributed by atoms with Crippen LogP contribution in [0.15, 0.2) is 0 Å². The van der Waals surface area contributed by atoms with Crippen molar-refractivity contribution in [2.75, 3.05) is 6.54 Å². The lowest BCUT2D eigenvalue weighted by atomic mass is 10.1. The molecule has 130 valence electrons. The number of hydrogen-bond donors (Lipinski definition) is 3. The summed E-state index contributed by atoms with van der Waals surface area (Å²) < 4.78 is 0. The molecule has 1 atom stereocenters. The maximum absolute atomic E-state index is 11.6. The Bertz CT molecular complexity index is 296. The Morgan fingerprint density at radius 2 is 1.45 bits per heavy atom. The second-order valence-electron chi connectivity index (χ2n) is 6.01. The van der Waals surface area contributed by atoms with Crippen LogP contribution in [0.3, 0.4) is 0 Å². The normalized spacial score (nSPS) is 12.1. The number of amides is 1. The molecule has 0 fully saturated rings. The lowest BCUT2D eigenvalue weighted by molar-refractivity contribution is -0.137. The highest BCUT2D eigenvalue weighted by Gasteiger charge is 2.13. The van der Waals surface area contributed by atoms with Crippen molar-refractivity contribution in [2.24, 2.45) is 5.73 Å². The van der Waals surface area contributed by atoms with E-state index in [4.69, 9.17) is 10.8 Å². The van der Waals surface area contributed by atoms with Crippen LogP contribution < -0.4 is 11.1 Å². The van der Waals surface area contributed by atoms with E-state index in [1.54, 1.807) is 0 Å². The van der Waals surface area contributed by atoms with E-state index in [-0.39, 0.29) is 18.7 Å². The topological polar surface area (TPSA) is 92.4 Å². The summed E-state index contributed by atoms with van der Waals surface area (Å²) in [6.45, 7) is 2.87. The molecule has 4 N–H and O–H groups in total. The molecule has 0 aromatic heterocycles. The third-order valence-electron chi connectivity index (χ3n) is 3.84. The lowest BCUT2D eigenvalue weighted by Gasteiger charge is -2.11. The van der Waals surface area contributed by atoms with Gasteiger partial charge in [0.05, 0.1) is 6.04 Å². The molecule has 0 radical (unpaired) electrons. The van der Waals surface area contributed by atoms with E-state index in [9.17, 15) is 9.59 Å². The van der Waals surface area contributed by atoms with E-state index in [0.717, 1.165) is 12.8 Å². The van der Waals surface area contributed by atoms with Crippen LogP contribution in [0.25, 0.3) is 0 Å². The van der Waals surface area contributed by atoms with Gasteiger partial charge in [-0.25, -0.2) is 0 Å². The Hall–Kier alpha value is -1.10. The fourth-order valence-corrected chi connectivity index (χ4v) is 2.37. The standard InChI is InChI=1S/C17H34N2O3/c1-2-3-4-5-6-7-8-9-10-11-14-19-17(22)15(18)12-13-16(20)21/h15H,2-14,18H2,1H3,(H,19,22)(H,20,21)/t15-/m1/s1. The number of rotatable bonds is 15. The van der Waals surface area contributed by atoms with Crippen molar-refractivity contribution in [3.63, 3.8) is 0 Å². The zero-order chi connectivity index (χ0) is 16.6. The molecule has 0 aliphatic rings. The van der Waals surface area contributed by atoms with Crippen molar-refractivity contribution < 1.29 is 14.7 Å². The van der Waals surface area contributed by atoms with E-state index in [2.05, 4.69) is 12.2 Å². The average Bonchev–Trinajstić information content (AvgIpc) is 2.49. The third-order valence-corrected chi connectivity index (χ3v) is 3.84. The molecule has 1 amide bonds. The van der Waals surface area contributed by atoms with Crippen molar-refractivity contribution in [3.05, 3.63) is 0 Å². The molecule has 0 aromatic carbocycles. The van der Waals surface area contributed by atoms with E-state index in [1.807, 2.05) is 0 Å². The molecule has 0 rings (SSSR count). The van der Waals surface area contributed by atoms with E-state index < -0.39 is 12.0 Å². The maximum atomic E-state index is 11.6. The summed E-state index contributed by atoms with van der Waals surface area (Å²) in [5.74, 6) is -1.16. The van der Waals surface area contributed by atoms with Gasteiger partial charge in [0.25, 0.3) is 0 Å². The van der Waals surface area contributed by atoms with Crippen LogP contribution in [0.1, 0.15) is 84.0 Å². The van der Waals surface area contributed by atoms with Gasteiger partial charge in [-0.15, -0.1) is 0 Å². The molecule has 22 heavy (non-hydrogen) atoms. The highest BCUT2D eigenvalue weighted by atomic mass is 16.4. The van der Waals surface area contributed by atoms with Gasteiger partial charge in [0.1, 0.15) is 0 Å². The van der Waals surface area contributed by atoms with Gasteiger partial charge in [0.2, 0.25) is 5.91 Å². The zero-order valence-electron chi connectivity index (χ0n) is 14.1. The Balaban J connectivity index is 3.31. The van der Waals surface area contributed by atoms with Gasteiger partial charge >= 0.3 is 5.97 Å². The monoisotopic (exact) mass is 314 g/mol. The number of carboxylic acid groups (broad SMARTS) is 1. The van der Waals surface area contributed by atoms with E-state index >= 15 is 0 Å². The highest BCUT2D eigenvalue weighted by Crippen LogP contribution is 2.10. The summed E-state index contributed by atoms with van der Waals surface area (Å²) >= 11 is 0. The molecule has 0 unspecified atom stereocenters. The van der Waals surface area contributed by atoms with Gasteiger partial charge in [-0.05, 0) is 12.8 Å². The Morgan fingerprint density at radius 3 is 1.95 bits per heavy atom. The van der Waals surface area contributed by atoms with Gasteiger partial charge in [0.15, 0.2) is 0 Å². The zero-order valence-corrected chi connectivity index (χ0v) is 14.1. The first-order valence-electron chi connectivity index (χ1n) is 8.83. The van der Waals surface area contributed by atoms with Crippen molar-refractivity contribution in [1.29, 1.82) is 0 Å². The molecule has 0 bridgehead atoms. The van der Waals surface area contributed by atoms with Crippen LogP contribution in [0.5, 0.6) is 0 Å². The molecule has 5 heteroatoms. The van der Waals surface area contributed by atoms with Gasteiger partial charge < -0.3 is 16.2 Å². The molecule has 0 aliphatic heterocycles. The van der Waals surface area contributed by atoms with Crippen molar-refractivity contribution in [1.82, 2.24) is 5.32 Å². The van der Waals surface area contributed by atoms with E-state index in [0.29, 0.717) is 6.54 Å². The van der Waals surface area contributed by atoms with Crippen LogP contribution in [0.4, 0.5) is 0 Å². The summed E-state index contributed by atoms with van der Waals surface area (Å²) in [4.78, 5) is 22.0. The number of aliphatic carboxylic acids is 1. The van der Waals surface area contributed by atoms with Gasteiger partial charge in [-0.3, -0.25) is 9.59 Å². The molecule has 0 saturated carbocycles. The van der Waals surface area contributed by atoms with Crippen LogP contribution in [0, 0.1) is 0 Å². The minimum Gasteiger partial charge on any atom is -0.481 e. The minimum atomic E-state index is -0.919. The fourth-order valence-electron chi connectivity index (χ4n) is 2.37. The molecule has 0 aromatic rings.